The molecule has 4 heterocycles. The summed E-state index contributed by atoms with van der Waals surface area (Å²) in [4.78, 5) is 46.7. The van der Waals surface area contributed by atoms with Crippen molar-refractivity contribution in [3.05, 3.63) is 72.8 Å². The number of piperidine rings is 1. The van der Waals surface area contributed by atoms with Crippen LogP contribution in [0, 0.1) is 5.92 Å². The van der Waals surface area contributed by atoms with Crippen LogP contribution in [0.5, 0.6) is 5.75 Å². The number of rotatable bonds is 6. The zero-order chi connectivity index (χ0) is 34.3. The normalized spacial score (nSPS) is 21.3. The molecule has 12 heteroatoms. The molecule has 48 heavy (non-hydrogen) atoms. The standard InChI is InChI=1S/C36H44N4O7Si/c1-34(2,3)46-32(42)39-20-19-36(24-40(33(43)47-36)29-18-17-28-31(37-29)38-30(41)23-44-28)25(21-39)22-45-48(35(4,5)6,26-13-9-7-10-14-26)27-15-11-8-12-16-27/h7-18,25H,19-24H2,1-6H3,(H,37,38,41). The fourth-order valence-electron chi connectivity index (χ4n) is 6.95. The van der Waals surface area contributed by atoms with Crippen LogP contribution in [0.1, 0.15) is 48.0 Å². The van der Waals surface area contributed by atoms with Crippen LogP contribution >= 0.6 is 0 Å². The Hall–Kier alpha value is -4.42. The van der Waals surface area contributed by atoms with Crippen LogP contribution in [-0.4, -0.2) is 80.3 Å². The van der Waals surface area contributed by atoms with Crippen molar-refractivity contribution in [1.29, 1.82) is 0 Å². The van der Waals surface area contributed by atoms with Crippen LogP contribution in [0.25, 0.3) is 0 Å². The van der Waals surface area contributed by atoms with Crippen LogP contribution in [0.2, 0.25) is 5.04 Å². The summed E-state index contributed by atoms with van der Waals surface area (Å²) >= 11 is 0. The number of likely N-dealkylation sites (tertiary alicyclic amines) is 1. The number of amides is 3. The molecular weight excluding hydrogens is 629 g/mol. The van der Waals surface area contributed by atoms with Crippen LogP contribution in [-0.2, 0) is 18.7 Å². The van der Waals surface area contributed by atoms with Gasteiger partial charge in [0.15, 0.2) is 18.2 Å². The van der Waals surface area contributed by atoms with Gasteiger partial charge in [-0.15, -0.1) is 0 Å². The number of ether oxygens (including phenoxy) is 3. The number of anilines is 2. The molecule has 0 aliphatic carbocycles. The molecule has 0 bridgehead atoms. The molecular formula is C36H44N4O7Si. The highest BCUT2D eigenvalue weighted by atomic mass is 28.4. The zero-order valence-corrected chi connectivity index (χ0v) is 29.4. The first-order valence-corrected chi connectivity index (χ1v) is 18.3. The van der Waals surface area contributed by atoms with Gasteiger partial charge in [-0.3, -0.25) is 9.69 Å². The van der Waals surface area contributed by atoms with Crippen molar-refractivity contribution in [2.24, 2.45) is 5.92 Å². The second-order valence-electron chi connectivity index (χ2n) is 14.7. The number of nitrogens with one attached hydrogen (secondary N) is 1. The molecule has 0 saturated carbocycles. The molecule has 2 saturated heterocycles. The maximum atomic E-state index is 13.6. The molecule has 1 spiro atoms. The molecule has 0 radical (unpaired) electrons. The fraction of sp³-hybridized carbons (Fsp3) is 0.444. The van der Waals surface area contributed by atoms with E-state index in [9.17, 15) is 14.4 Å². The third kappa shape index (κ3) is 6.38. The van der Waals surface area contributed by atoms with Crippen molar-refractivity contribution < 1.29 is 33.0 Å². The van der Waals surface area contributed by atoms with Crippen molar-refractivity contribution in [3.63, 3.8) is 0 Å². The lowest BCUT2D eigenvalue weighted by atomic mass is 9.81. The third-order valence-electron chi connectivity index (χ3n) is 9.23. The molecule has 2 fully saturated rings. The molecule has 11 nitrogen and oxygen atoms in total. The van der Waals surface area contributed by atoms with Gasteiger partial charge in [-0.2, -0.15) is 0 Å². The fourth-order valence-corrected chi connectivity index (χ4v) is 11.6. The van der Waals surface area contributed by atoms with Crippen LogP contribution in [0.3, 0.4) is 0 Å². The zero-order valence-electron chi connectivity index (χ0n) is 28.4. The molecule has 1 aromatic heterocycles. The van der Waals surface area contributed by atoms with E-state index in [0.29, 0.717) is 24.5 Å². The SMILES string of the molecule is CC(C)(C)OC(=O)N1CCC2(CN(c3ccc4c(n3)NC(=O)CO4)C(=O)O2)C(CO[Si](c2ccccc2)(c2ccccc2)C(C)(C)C)C1. The minimum absolute atomic E-state index is 0.0932. The van der Waals surface area contributed by atoms with Gasteiger partial charge >= 0.3 is 12.2 Å². The molecule has 1 N–H and O–H groups in total. The Morgan fingerprint density at radius 2 is 1.62 bits per heavy atom. The molecule has 3 aromatic rings. The van der Waals surface area contributed by atoms with E-state index >= 15 is 0 Å². The number of fused-ring (bicyclic) bond motifs is 1. The molecule has 254 valence electrons. The summed E-state index contributed by atoms with van der Waals surface area (Å²) in [6.45, 7) is 13.1. The minimum Gasteiger partial charge on any atom is -0.480 e. The lowest BCUT2D eigenvalue weighted by Gasteiger charge is -2.47. The highest BCUT2D eigenvalue weighted by molar-refractivity contribution is 6.99. The maximum Gasteiger partial charge on any atom is 0.416 e. The molecule has 2 unspecified atom stereocenters. The molecule has 3 amide bonds. The van der Waals surface area contributed by atoms with Crippen LogP contribution < -0.4 is 25.3 Å². The Kier molecular flexibility index (Phi) is 8.75. The summed E-state index contributed by atoms with van der Waals surface area (Å²) in [5.41, 5.74) is -1.64. The summed E-state index contributed by atoms with van der Waals surface area (Å²) in [7, 11) is -2.96. The smallest absolute Gasteiger partial charge is 0.416 e. The molecule has 6 rings (SSSR count). The Morgan fingerprint density at radius 3 is 2.23 bits per heavy atom. The van der Waals surface area contributed by atoms with E-state index in [2.05, 4.69) is 55.3 Å². The van der Waals surface area contributed by atoms with Gasteiger partial charge in [0.2, 0.25) is 0 Å². The number of carbonyl (C=O) groups excluding carboxylic acids is 3. The van der Waals surface area contributed by atoms with E-state index in [1.807, 2.05) is 57.2 Å². The van der Waals surface area contributed by atoms with E-state index in [4.69, 9.17) is 18.6 Å². The van der Waals surface area contributed by atoms with E-state index in [-0.39, 0.29) is 43.1 Å². The van der Waals surface area contributed by atoms with E-state index in [1.165, 1.54) is 4.90 Å². The highest BCUT2D eigenvalue weighted by Gasteiger charge is 2.57. The number of benzene rings is 2. The number of aromatic nitrogens is 1. The monoisotopic (exact) mass is 672 g/mol. The van der Waals surface area contributed by atoms with Gasteiger partial charge in [0.1, 0.15) is 17.0 Å². The Morgan fingerprint density at radius 1 is 0.979 bits per heavy atom. The van der Waals surface area contributed by atoms with E-state index in [1.54, 1.807) is 17.0 Å². The molecule has 3 aliphatic heterocycles. The highest BCUT2D eigenvalue weighted by Crippen LogP contribution is 2.43. The Bertz CT molecular complexity index is 1640. The van der Waals surface area contributed by atoms with Crippen molar-refractivity contribution >= 4 is 48.4 Å². The van der Waals surface area contributed by atoms with Gasteiger partial charge in [-0.25, -0.2) is 14.6 Å². The largest absolute Gasteiger partial charge is 0.480 e. The summed E-state index contributed by atoms with van der Waals surface area (Å²) < 4.78 is 24.9. The molecule has 2 atom stereocenters. The van der Waals surface area contributed by atoms with Crippen molar-refractivity contribution in [3.8, 4) is 5.75 Å². The minimum atomic E-state index is -2.96. The van der Waals surface area contributed by atoms with Crippen LogP contribution in [0.4, 0.5) is 21.2 Å². The lowest BCUT2D eigenvalue weighted by molar-refractivity contribution is -0.118. The predicted molar refractivity (Wildman–Crippen MR) is 184 cm³/mol. The van der Waals surface area contributed by atoms with E-state index in [0.717, 1.165) is 10.4 Å². The van der Waals surface area contributed by atoms with Gasteiger partial charge in [-0.05, 0) is 48.3 Å². The number of hydrogen-bond donors (Lipinski definition) is 1. The maximum absolute atomic E-state index is 13.6. The van der Waals surface area contributed by atoms with Gasteiger partial charge in [0.05, 0.1) is 6.54 Å². The first-order valence-electron chi connectivity index (χ1n) is 16.4. The Balaban J connectivity index is 1.36. The predicted octanol–water partition coefficient (Wildman–Crippen LogP) is 4.94. The van der Waals surface area contributed by atoms with Gasteiger partial charge < -0.3 is 28.9 Å². The summed E-state index contributed by atoms with van der Waals surface area (Å²) in [6, 6.07) is 24.1. The first kappa shape index (κ1) is 33.5. The lowest BCUT2D eigenvalue weighted by Crippen LogP contribution is -2.68. The average molecular weight is 673 g/mol. The van der Waals surface area contributed by atoms with Crippen molar-refractivity contribution in [2.75, 3.05) is 43.1 Å². The quantitative estimate of drug-likeness (QED) is 0.366. The van der Waals surface area contributed by atoms with Gasteiger partial charge in [0, 0.05) is 32.0 Å². The summed E-state index contributed by atoms with van der Waals surface area (Å²) in [6.07, 6.45) is -0.582. The summed E-state index contributed by atoms with van der Waals surface area (Å²) in [5.74, 6) is 0.312. The van der Waals surface area contributed by atoms with Gasteiger partial charge in [0.25, 0.3) is 14.2 Å². The van der Waals surface area contributed by atoms with Crippen molar-refractivity contribution in [2.45, 2.75) is 64.2 Å². The average Bonchev–Trinajstić information content (AvgIpc) is 3.37. The molecule has 2 aromatic carbocycles. The third-order valence-corrected chi connectivity index (χ3v) is 14.2. The second-order valence-corrected chi connectivity index (χ2v) is 19.0. The molecule has 3 aliphatic rings. The summed E-state index contributed by atoms with van der Waals surface area (Å²) in [5, 5.41) is 4.69. The number of nitrogens with zero attached hydrogens (tertiary/aromatic N) is 3. The van der Waals surface area contributed by atoms with Crippen molar-refractivity contribution in [1.82, 2.24) is 9.88 Å². The second kappa shape index (κ2) is 12.6. The number of hydrogen-bond acceptors (Lipinski definition) is 8. The first-order chi connectivity index (χ1) is 22.7. The number of pyridine rings is 1. The van der Waals surface area contributed by atoms with E-state index < -0.39 is 37.6 Å². The van der Waals surface area contributed by atoms with Crippen LogP contribution in [0.15, 0.2) is 72.8 Å². The topological polar surface area (TPSA) is 120 Å². The number of carbonyl (C=O) groups is 3. The van der Waals surface area contributed by atoms with Gasteiger partial charge in [-0.1, -0.05) is 81.4 Å². The Labute approximate surface area is 282 Å².